The molecule has 0 radical (unpaired) electrons. The Kier molecular flexibility index (Phi) is 2.93. The Balaban J connectivity index is 3.20. The Bertz CT molecular complexity index is 379. The first-order valence-electron chi connectivity index (χ1n) is 3.88. The van der Waals surface area contributed by atoms with E-state index in [1.54, 1.807) is 0 Å². The molecule has 1 rings (SSSR count). The van der Waals surface area contributed by atoms with Crippen LogP contribution in [0.4, 0.5) is 10.1 Å². The van der Waals surface area contributed by atoms with Gasteiger partial charge in [0.25, 0.3) is 5.69 Å². The highest BCUT2D eigenvalue weighted by Crippen LogP contribution is 2.21. The van der Waals surface area contributed by atoms with Crippen LogP contribution >= 0.6 is 0 Å². The normalized spacial score (nSPS) is 12.1. The maximum Gasteiger partial charge on any atom is 0.269 e. The Labute approximate surface area is 80.0 Å². The van der Waals surface area contributed by atoms with Crippen LogP contribution in [0, 0.1) is 15.9 Å². The zero-order chi connectivity index (χ0) is 10.7. The standard InChI is InChI=1S/C9H9FN2O2/c1-2-9(11)7-5-6(12(13)14)3-4-8(7)10/h2-5,9H,1,11H2. The summed E-state index contributed by atoms with van der Waals surface area (Å²) in [7, 11) is 0. The van der Waals surface area contributed by atoms with Gasteiger partial charge in [0.1, 0.15) is 5.82 Å². The maximum absolute atomic E-state index is 13.1. The molecule has 0 amide bonds. The fourth-order valence-electron chi connectivity index (χ4n) is 1.03. The van der Waals surface area contributed by atoms with Gasteiger partial charge < -0.3 is 5.73 Å². The minimum absolute atomic E-state index is 0.0780. The number of nitrogens with two attached hydrogens (primary N) is 1. The van der Waals surface area contributed by atoms with E-state index in [4.69, 9.17) is 5.73 Å². The number of nitro benzene ring substituents is 1. The van der Waals surface area contributed by atoms with E-state index in [1.165, 1.54) is 6.08 Å². The van der Waals surface area contributed by atoms with Crippen LogP contribution in [0.5, 0.6) is 0 Å². The molecule has 14 heavy (non-hydrogen) atoms. The average molecular weight is 196 g/mol. The van der Waals surface area contributed by atoms with Crippen molar-refractivity contribution in [2.24, 2.45) is 5.73 Å². The summed E-state index contributed by atoms with van der Waals surface area (Å²) in [6.45, 7) is 3.39. The highest BCUT2D eigenvalue weighted by Gasteiger charge is 2.13. The van der Waals surface area contributed by atoms with Gasteiger partial charge in [-0.1, -0.05) is 6.08 Å². The summed E-state index contributed by atoms with van der Waals surface area (Å²) in [5, 5.41) is 10.4. The minimum atomic E-state index is -0.727. The Morgan fingerprint density at radius 3 is 2.79 bits per heavy atom. The lowest BCUT2D eigenvalue weighted by Gasteiger charge is -2.06. The van der Waals surface area contributed by atoms with Gasteiger partial charge in [-0.25, -0.2) is 4.39 Å². The maximum atomic E-state index is 13.1. The summed E-state index contributed by atoms with van der Waals surface area (Å²) in [5.41, 5.74) is 5.38. The quantitative estimate of drug-likeness (QED) is 0.456. The lowest BCUT2D eigenvalue weighted by molar-refractivity contribution is -0.385. The van der Waals surface area contributed by atoms with Gasteiger partial charge in [0.05, 0.1) is 11.0 Å². The molecule has 1 atom stereocenters. The van der Waals surface area contributed by atoms with Crippen molar-refractivity contribution in [1.29, 1.82) is 0 Å². The van der Waals surface area contributed by atoms with E-state index in [0.717, 1.165) is 18.2 Å². The van der Waals surface area contributed by atoms with Crippen LogP contribution in [0.3, 0.4) is 0 Å². The van der Waals surface area contributed by atoms with Gasteiger partial charge in [0.15, 0.2) is 0 Å². The summed E-state index contributed by atoms with van der Waals surface area (Å²) in [4.78, 5) is 9.79. The van der Waals surface area contributed by atoms with Crippen LogP contribution in [0.15, 0.2) is 30.9 Å². The summed E-state index contributed by atoms with van der Waals surface area (Å²) in [5.74, 6) is -0.567. The van der Waals surface area contributed by atoms with Gasteiger partial charge in [-0.15, -0.1) is 6.58 Å². The van der Waals surface area contributed by atoms with E-state index >= 15 is 0 Å². The third-order valence-electron chi connectivity index (χ3n) is 1.80. The largest absolute Gasteiger partial charge is 0.321 e. The van der Waals surface area contributed by atoms with Gasteiger partial charge >= 0.3 is 0 Å². The summed E-state index contributed by atoms with van der Waals surface area (Å²) < 4.78 is 13.1. The van der Waals surface area contributed by atoms with Crippen molar-refractivity contribution in [2.45, 2.75) is 6.04 Å². The topological polar surface area (TPSA) is 69.2 Å². The molecule has 0 aliphatic rings. The zero-order valence-electron chi connectivity index (χ0n) is 7.31. The summed E-state index contributed by atoms with van der Waals surface area (Å²) in [6.07, 6.45) is 1.32. The number of hydrogen-bond donors (Lipinski definition) is 1. The van der Waals surface area contributed by atoms with Gasteiger partial charge in [-0.3, -0.25) is 10.1 Å². The molecular weight excluding hydrogens is 187 g/mol. The van der Waals surface area contributed by atoms with Crippen LogP contribution < -0.4 is 5.73 Å². The van der Waals surface area contributed by atoms with Gasteiger partial charge in [-0.05, 0) is 6.07 Å². The van der Waals surface area contributed by atoms with Gasteiger partial charge in [-0.2, -0.15) is 0 Å². The van der Waals surface area contributed by atoms with E-state index in [-0.39, 0.29) is 11.3 Å². The van der Waals surface area contributed by atoms with Crippen molar-refractivity contribution in [3.8, 4) is 0 Å². The van der Waals surface area contributed by atoms with Crippen molar-refractivity contribution in [2.75, 3.05) is 0 Å². The average Bonchev–Trinajstić information content (AvgIpc) is 2.17. The number of nitrogens with zero attached hydrogens (tertiary/aromatic N) is 1. The molecule has 0 aromatic heterocycles. The second kappa shape index (κ2) is 3.97. The molecule has 0 aliphatic carbocycles. The lowest BCUT2D eigenvalue weighted by atomic mass is 10.1. The molecular formula is C9H9FN2O2. The van der Waals surface area contributed by atoms with Crippen LogP contribution in [-0.4, -0.2) is 4.92 Å². The summed E-state index contributed by atoms with van der Waals surface area (Å²) in [6, 6.07) is 2.50. The van der Waals surface area contributed by atoms with Gasteiger partial charge in [0, 0.05) is 17.7 Å². The highest BCUT2D eigenvalue weighted by atomic mass is 19.1. The Morgan fingerprint density at radius 2 is 2.29 bits per heavy atom. The second-order valence-corrected chi connectivity index (χ2v) is 2.72. The van der Waals surface area contributed by atoms with Crippen molar-refractivity contribution in [3.63, 3.8) is 0 Å². The first-order valence-corrected chi connectivity index (χ1v) is 3.88. The number of nitro groups is 1. The minimum Gasteiger partial charge on any atom is -0.321 e. The first-order chi connectivity index (χ1) is 6.56. The van der Waals surface area contributed by atoms with Crippen LogP contribution in [0.25, 0.3) is 0 Å². The van der Waals surface area contributed by atoms with E-state index in [1.807, 2.05) is 0 Å². The number of rotatable bonds is 3. The number of non-ortho nitro benzene ring substituents is 1. The highest BCUT2D eigenvalue weighted by molar-refractivity contribution is 5.37. The Morgan fingerprint density at radius 1 is 1.64 bits per heavy atom. The molecule has 0 bridgehead atoms. The molecule has 1 aromatic carbocycles. The SMILES string of the molecule is C=CC(N)c1cc([N+](=O)[O-])ccc1F. The number of halogens is 1. The smallest absolute Gasteiger partial charge is 0.269 e. The van der Waals surface area contributed by atoms with Gasteiger partial charge in [0.2, 0.25) is 0 Å². The third kappa shape index (κ3) is 1.94. The molecule has 1 aromatic rings. The Hall–Kier alpha value is -1.75. The fourth-order valence-corrected chi connectivity index (χ4v) is 1.03. The number of hydrogen-bond acceptors (Lipinski definition) is 3. The number of benzene rings is 1. The lowest BCUT2D eigenvalue weighted by Crippen LogP contribution is -2.09. The molecule has 0 saturated carbocycles. The molecule has 0 spiro atoms. The molecule has 5 heteroatoms. The van der Waals surface area contributed by atoms with Crippen molar-refractivity contribution >= 4 is 5.69 Å². The van der Waals surface area contributed by atoms with E-state index in [0.29, 0.717) is 0 Å². The van der Waals surface area contributed by atoms with Crippen LogP contribution in [0.2, 0.25) is 0 Å². The van der Waals surface area contributed by atoms with Crippen molar-refractivity contribution < 1.29 is 9.31 Å². The molecule has 4 nitrogen and oxygen atoms in total. The molecule has 0 aliphatic heterocycles. The van der Waals surface area contributed by atoms with Crippen molar-refractivity contribution in [3.05, 3.63) is 52.3 Å². The fraction of sp³-hybridized carbons (Fsp3) is 0.111. The van der Waals surface area contributed by atoms with E-state index in [2.05, 4.69) is 6.58 Å². The van der Waals surface area contributed by atoms with Crippen LogP contribution in [-0.2, 0) is 0 Å². The molecule has 0 saturated heterocycles. The zero-order valence-corrected chi connectivity index (χ0v) is 7.31. The first kappa shape index (κ1) is 10.3. The predicted octanol–water partition coefficient (Wildman–Crippen LogP) is 1.92. The second-order valence-electron chi connectivity index (χ2n) is 2.72. The predicted molar refractivity (Wildman–Crippen MR) is 50.2 cm³/mol. The molecule has 0 heterocycles. The summed E-state index contributed by atoms with van der Waals surface area (Å²) >= 11 is 0. The molecule has 74 valence electrons. The van der Waals surface area contributed by atoms with E-state index in [9.17, 15) is 14.5 Å². The molecule has 2 N–H and O–H groups in total. The van der Waals surface area contributed by atoms with Crippen LogP contribution in [0.1, 0.15) is 11.6 Å². The molecule has 1 unspecified atom stereocenters. The van der Waals surface area contributed by atoms with E-state index < -0.39 is 16.8 Å². The van der Waals surface area contributed by atoms with Crippen molar-refractivity contribution in [1.82, 2.24) is 0 Å². The molecule has 0 fully saturated rings. The third-order valence-corrected chi connectivity index (χ3v) is 1.80. The monoisotopic (exact) mass is 196 g/mol.